The summed E-state index contributed by atoms with van der Waals surface area (Å²) in [7, 11) is 0. The summed E-state index contributed by atoms with van der Waals surface area (Å²) in [6.07, 6.45) is 2.61. The van der Waals surface area contributed by atoms with Crippen molar-refractivity contribution in [3.05, 3.63) is 29.8 Å². The third kappa shape index (κ3) is 2.95. The van der Waals surface area contributed by atoms with Crippen molar-refractivity contribution in [2.24, 2.45) is 5.41 Å². The van der Waals surface area contributed by atoms with E-state index in [-0.39, 0.29) is 5.41 Å². The van der Waals surface area contributed by atoms with Crippen molar-refractivity contribution in [1.82, 2.24) is 5.32 Å². The van der Waals surface area contributed by atoms with Gasteiger partial charge in [0.1, 0.15) is 5.75 Å². The van der Waals surface area contributed by atoms with Gasteiger partial charge >= 0.3 is 0 Å². The smallest absolute Gasteiger partial charge is 0.122 e. The first kappa shape index (κ1) is 14.9. The highest BCUT2D eigenvalue weighted by atomic mass is 16.5. The van der Waals surface area contributed by atoms with Crippen molar-refractivity contribution in [3.8, 4) is 5.75 Å². The van der Waals surface area contributed by atoms with E-state index in [2.05, 4.69) is 50.4 Å². The second-order valence-electron chi connectivity index (χ2n) is 6.91. The summed E-state index contributed by atoms with van der Waals surface area (Å²) < 4.78 is 11.8. The molecule has 0 aromatic heterocycles. The fraction of sp³-hybridized carbons (Fsp3) is 0.667. The van der Waals surface area contributed by atoms with Crippen LogP contribution in [0, 0.1) is 5.41 Å². The molecule has 0 saturated carbocycles. The highest BCUT2D eigenvalue weighted by Gasteiger charge is 2.44. The Labute approximate surface area is 128 Å². The van der Waals surface area contributed by atoms with E-state index < -0.39 is 0 Å². The first-order valence-corrected chi connectivity index (χ1v) is 8.17. The summed E-state index contributed by atoms with van der Waals surface area (Å²) in [6, 6.07) is 8.99. The Morgan fingerprint density at radius 1 is 1.33 bits per heavy atom. The Bertz CT molecular complexity index is 488. The molecule has 3 atom stereocenters. The van der Waals surface area contributed by atoms with Gasteiger partial charge in [-0.25, -0.2) is 0 Å². The lowest BCUT2D eigenvalue weighted by Crippen LogP contribution is -2.43. The van der Waals surface area contributed by atoms with Crippen LogP contribution >= 0.6 is 0 Å². The fourth-order valence-corrected chi connectivity index (χ4v) is 3.69. The molecule has 0 amide bonds. The maximum Gasteiger partial charge on any atom is 0.122 e. The number of fused-ring (bicyclic) bond motifs is 1. The summed E-state index contributed by atoms with van der Waals surface area (Å²) in [5, 5.41) is 3.64. The average Bonchev–Trinajstić information content (AvgIpc) is 3.03. The van der Waals surface area contributed by atoms with Gasteiger partial charge in [-0.1, -0.05) is 32.0 Å². The minimum atomic E-state index is 0.232. The monoisotopic (exact) mass is 289 g/mol. The van der Waals surface area contributed by atoms with Gasteiger partial charge in [0.05, 0.1) is 12.7 Å². The van der Waals surface area contributed by atoms with Crippen LogP contribution in [0.5, 0.6) is 5.75 Å². The minimum Gasteiger partial charge on any atom is -0.493 e. The van der Waals surface area contributed by atoms with E-state index in [0.717, 1.165) is 38.3 Å². The average molecular weight is 289 g/mol. The van der Waals surface area contributed by atoms with Crippen molar-refractivity contribution in [2.75, 3.05) is 19.8 Å². The first-order valence-electron chi connectivity index (χ1n) is 8.17. The van der Waals surface area contributed by atoms with Gasteiger partial charge in [0.2, 0.25) is 0 Å². The zero-order chi connectivity index (χ0) is 14.9. The molecule has 1 fully saturated rings. The van der Waals surface area contributed by atoms with E-state index in [1.54, 1.807) is 0 Å². The molecular weight excluding hydrogens is 262 g/mol. The van der Waals surface area contributed by atoms with Crippen molar-refractivity contribution >= 4 is 0 Å². The van der Waals surface area contributed by atoms with Gasteiger partial charge in [0.25, 0.3) is 0 Å². The number of hydrogen-bond donors (Lipinski definition) is 1. The van der Waals surface area contributed by atoms with Crippen LogP contribution in [0.2, 0.25) is 0 Å². The summed E-state index contributed by atoms with van der Waals surface area (Å²) in [5.41, 5.74) is 1.61. The van der Waals surface area contributed by atoms with Crippen LogP contribution in [0.25, 0.3) is 0 Å². The standard InChI is InChI=1S/C18H27NO2/c1-13(2)19-12-18(8-9-20-14(18)3)10-15-11-21-17-7-5-4-6-16(15)17/h4-7,13-15,19H,8-12H2,1-3H3. The number of hydrogen-bond acceptors (Lipinski definition) is 3. The van der Waals surface area contributed by atoms with Gasteiger partial charge in [-0.3, -0.25) is 0 Å². The van der Waals surface area contributed by atoms with E-state index in [9.17, 15) is 0 Å². The van der Waals surface area contributed by atoms with Crippen LogP contribution in [0.3, 0.4) is 0 Å². The topological polar surface area (TPSA) is 30.5 Å². The SMILES string of the molecule is CC(C)NCC1(CC2COc3ccccc32)CCOC1C. The highest BCUT2D eigenvalue weighted by Crippen LogP contribution is 2.46. The largest absolute Gasteiger partial charge is 0.493 e. The van der Waals surface area contributed by atoms with E-state index in [4.69, 9.17) is 9.47 Å². The second kappa shape index (κ2) is 5.98. The Morgan fingerprint density at radius 2 is 2.14 bits per heavy atom. The van der Waals surface area contributed by atoms with Crippen molar-refractivity contribution in [1.29, 1.82) is 0 Å². The Balaban J connectivity index is 1.77. The van der Waals surface area contributed by atoms with Gasteiger partial charge in [-0.15, -0.1) is 0 Å². The molecule has 1 N–H and O–H groups in total. The molecule has 3 nitrogen and oxygen atoms in total. The van der Waals surface area contributed by atoms with Gasteiger partial charge in [-0.2, -0.15) is 0 Å². The van der Waals surface area contributed by atoms with E-state index in [1.165, 1.54) is 5.56 Å². The predicted molar refractivity (Wildman–Crippen MR) is 84.9 cm³/mol. The molecule has 2 heterocycles. The summed E-state index contributed by atoms with van der Waals surface area (Å²) >= 11 is 0. The number of rotatable bonds is 5. The predicted octanol–water partition coefficient (Wildman–Crippen LogP) is 3.35. The van der Waals surface area contributed by atoms with Crippen molar-refractivity contribution in [3.63, 3.8) is 0 Å². The highest BCUT2D eigenvalue weighted by molar-refractivity contribution is 5.39. The van der Waals surface area contributed by atoms with Gasteiger partial charge in [0, 0.05) is 36.1 Å². The molecule has 0 spiro atoms. The van der Waals surface area contributed by atoms with Crippen LogP contribution in [0.15, 0.2) is 24.3 Å². The quantitative estimate of drug-likeness (QED) is 0.901. The van der Waals surface area contributed by atoms with E-state index in [1.807, 2.05) is 0 Å². The van der Waals surface area contributed by atoms with Crippen LogP contribution in [-0.2, 0) is 4.74 Å². The summed E-state index contributed by atoms with van der Waals surface area (Å²) in [5.74, 6) is 1.57. The van der Waals surface area contributed by atoms with Crippen LogP contribution in [0.1, 0.15) is 45.1 Å². The van der Waals surface area contributed by atoms with Crippen molar-refractivity contribution < 1.29 is 9.47 Å². The Kier molecular flexibility index (Phi) is 4.23. The Morgan fingerprint density at radius 3 is 2.86 bits per heavy atom. The second-order valence-corrected chi connectivity index (χ2v) is 6.91. The molecule has 21 heavy (non-hydrogen) atoms. The number of para-hydroxylation sites is 1. The molecule has 1 aromatic carbocycles. The zero-order valence-electron chi connectivity index (χ0n) is 13.4. The van der Waals surface area contributed by atoms with Crippen molar-refractivity contribution in [2.45, 2.75) is 51.7 Å². The first-order chi connectivity index (χ1) is 10.1. The van der Waals surface area contributed by atoms with E-state index in [0.29, 0.717) is 18.1 Å². The lowest BCUT2D eigenvalue weighted by atomic mass is 9.73. The molecule has 116 valence electrons. The molecule has 3 unspecified atom stereocenters. The van der Waals surface area contributed by atoms with Gasteiger partial charge in [0.15, 0.2) is 0 Å². The lowest BCUT2D eigenvalue weighted by Gasteiger charge is -2.35. The molecule has 1 saturated heterocycles. The maximum atomic E-state index is 5.92. The zero-order valence-corrected chi connectivity index (χ0v) is 13.4. The molecular formula is C18H27NO2. The van der Waals surface area contributed by atoms with Gasteiger partial charge in [-0.05, 0) is 25.8 Å². The molecule has 2 aliphatic rings. The normalized spacial score (nSPS) is 31.4. The van der Waals surface area contributed by atoms with Gasteiger partial charge < -0.3 is 14.8 Å². The lowest BCUT2D eigenvalue weighted by molar-refractivity contribution is 0.0521. The van der Waals surface area contributed by atoms with Crippen LogP contribution < -0.4 is 10.1 Å². The maximum absolute atomic E-state index is 5.92. The molecule has 0 aliphatic carbocycles. The van der Waals surface area contributed by atoms with Crippen LogP contribution in [0.4, 0.5) is 0 Å². The molecule has 0 bridgehead atoms. The number of benzene rings is 1. The summed E-state index contributed by atoms with van der Waals surface area (Å²) in [6.45, 7) is 9.39. The van der Waals surface area contributed by atoms with Crippen LogP contribution in [-0.4, -0.2) is 31.9 Å². The molecule has 1 aromatic rings. The third-order valence-corrected chi connectivity index (χ3v) is 5.14. The Hall–Kier alpha value is -1.06. The molecule has 0 radical (unpaired) electrons. The molecule has 3 heteroatoms. The van der Waals surface area contributed by atoms with E-state index >= 15 is 0 Å². The third-order valence-electron chi connectivity index (χ3n) is 5.14. The minimum absolute atomic E-state index is 0.232. The molecule has 2 aliphatic heterocycles. The summed E-state index contributed by atoms with van der Waals surface area (Å²) in [4.78, 5) is 0. The molecule has 3 rings (SSSR count). The number of ether oxygens (including phenoxy) is 2. The number of nitrogens with one attached hydrogen (secondary N) is 1. The fourth-order valence-electron chi connectivity index (χ4n) is 3.69.